The van der Waals surface area contributed by atoms with E-state index >= 15 is 0 Å². The second kappa shape index (κ2) is 6.79. The fraction of sp³-hybridized carbons (Fsp3) is 0.333. The van der Waals surface area contributed by atoms with Gasteiger partial charge in [0.05, 0.1) is 0 Å². The summed E-state index contributed by atoms with van der Waals surface area (Å²) in [6.07, 6.45) is 6.28. The average Bonchev–Trinajstić information content (AvgIpc) is 2.96. The first-order valence-corrected chi connectivity index (χ1v) is 7.64. The van der Waals surface area contributed by atoms with Gasteiger partial charge in [0.15, 0.2) is 5.78 Å². The Morgan fingerprint density at radius 2 is 2.09 bits per heavy atom. The van der Waals surface area contributed by atoms with Crippen LogP contribution in [0.3, 0.4) is 0 Å². The Kier molecular flexibility index (Phi) is 4.59. The summed E-state index contributed by atoms with van der Waals surface area (Å²) in [5.41, 5.74) is 1.76. The third-order valence-electron chi connectivity index (χ3n) is 4.19. The summed E-state index contributed by atoms with van der Waals surface area (Å²) in [7, 11) is 0. The lowest BCUT2D eigenvalue weighted by Gasteiger charge is -2.23. The highest BCUT2D eigenvalue weighted by Crippen LogP contribution is 2.23. The van der Waals surface area contributed by atoms with Crippen molar-refractivity contribution in [1.29, 1.82) is 0 Å². The maximum atomic E-state index is 12.9. The van der Waals surface area contributed by atoms with Crippen LogP contribution in [0.15, 0.2) is 48.8 Å². The van der Waals surface area contributed by atoms with Gasteiger partial charge in [-0.05, 0) is 55.3 Å². The molecule has 1 aliphatic rings. The summed E-state index contributed by atoms with van der Waals surface area (Å²) >= 11 is 0. The van der Waals surface area contributed by atoms with E-state index in [0.717, 1.165) is 25.9 Å². The molecule has 1 aliphatic heterocycles. The largest absolute Gasteiger partial charge is 0.296 e. The third-order valence-corrected chi connectivity index (χ3v) is 4.19. The molecule has 1 aromatic heterocycles. The van der Waals surface area contributed by atoms with Crippen LogP contribution < -0.4 is 0 Å². The fourth-order valence-electron chi connectivity index (χ4n) is 3.03. The first kappa shape index (κ1) is 14.9. The van der Waals surface area contributed by atoms with Crippen molar-refractivity contribution in [3.8, 4) is 0 Å². The van der Waals surface area contributed by atoms with Crippen LogP contribution in [0, 0.1) is 5.82 Å². The molecular weight excluding hydrogens is 279 g/mol. The van der Waals surface area contributed by atoms with E-state index in [1.807, 2.05) is 12.3 Å². The number of halogens is 1. The minimum atomic E-state index is -0.310. The van der Waals surface area contributed by atoms with Gasteiger partial charge >= 0.3 is 0 Å². The zero-order chi connectivity index (χ0) is 15.4. The standard InChI is InChI=1S/C18H19FN2O/c19-16-7-5-15(6-8-16)18(22)11-17-4-2-10-21(17)13-14-3-1-9-20-12-14/h1,3,5-9,12,17H,2,4,10-11,13H2/t17-/m0/s1. The molecule has 0 spiro atoms. The number of ketones is 1. The Morgan fingerprint density at radius 1 is 1.27 bits per heavy atom. The van der Waals surface area contributed by atoms with Gasteiger partial charge in [-0.2, -0.15) is 0 Å². The van der Waals surface area contributed by atoms with E-state index in [-0.39, 0.29) is 17.6 Å². The molecule has 3 nitrogen and oxygen atoms in total. The van der Waals surface area contributed by atoms with Gasteiger partial charge in [-0.3, -0.25) is 14.7 Å². The molecule has 0 amide bonds. The lowest BCUT2D eigenvalue weighted by molar-refractivity contribution is 0.0938. The van der Waals surface area contributed by atoms with E-state index in [2.05, 4.69) is 16.0 Å². The molecule has 0 saturated carbocycles. The van der Waals surface area contributed by atoms with Gasteiger partial charge in [-0.25, -0.2) is 4.39 Å². The van der Waals surface area contributed by atoms with Crippen LogP contribution in [0.2, 0.25) is 0 Å². The van der Waals surface area contributed by atoms with Gasteiger partial charge in [0.1, 0.15) is 5.82 Å². The second-order valence-electron chi connectivity index (χ2n) is 5.76. The maximum absolute atomic E-state index is 12.9. The van der Waals surface area contributed by atoms with Gasteiger partial charge < -0.3 is 0 Å². The SMILES string of the molecule is O=C(C[C@@H]1CCCN1Cc1cccnc1)c1ccc(F)cc1. The highest BCUT2D eigenvalue weighted by molar-refractivity contribution is 5.96. The second-order valence-corrected chi connectivity index (χ2v) is 5.76. The molecule has 114 valence electrons. The summed E-state index contributed by atoms with van der Waals surface area (Å²) < 4.78 is 12.9. The van der Waals surface area contributed by atoms with Crippen LogP contribution in [-0.4, -0.2) is 28.3 Å². The molecule has 2 aromatic rings. The van der Waals surface area contributed by atoms with Crippen molar-refractivity contribution in [2.24, 2.45) is 0 Å². The van der Waals surface area contributed by atoms with Crippen molar-refractivity contribution in [3.63, 3.8) is 0 Å². The number of carbonyl (C=O) groups excluding carboxylic acids is 1. The van der Waals surface area contributed by atoms with Crippen molar-refractivity contribution in [2.75, 3.05) is 6.54 Å². The molecule has 1 atom stereocenters. The zero-order valence-electron chi connectivity index (χ0n) is 12.4. The van der Waals surface area contributed by atoms with Gasteiger partial charge in [0, 0.05) is 37.0 Å². The predicted octanol–water partition coefficient (Wildman–Crippen LogP) is 3.46. The van der Waals surface area contributed by atoms with Gasteiger partial charge in [-0.15, -0.1) is 0 Å². The lowest BCUT2D eigenvalue weighted by Crippen LogP contribution is -2.31. The van der Waals surface area contributed by atoms with Crippen LogP contribution in [0.4, 0.5) is 4.39 Å². The Balaban J connectivity index is 1.63. The molecule has 22 heavy (non-hydrogen) atoms. The van der Waals surface area contributed by atoms with E-state index in [4.69, 9.17) is 0 Å². The van der Waals surface area contributed by atoms with Crippen LogP contribution >= 0.6 is 0 Å². The van der Waals surface area contributed by atoms with Gasteiger partial charge in [-0.1, -0.05) is 6.07 Å². The fourth-order valence-corrected chi connectivity index (χ4v) is 3.03. The van der Waals surface area contributed by atoms with Crippen molar-refractivity contribution < 1.29 is 9.18 Å². The number of hydrogen-bond donors (Lipinski definition) is 0. The summed E-state index contributed by atoms with van der Waals surface area (Å²) in [5, 5.41) is 0. The van der Waals surface area contributed by atoms with Gasteiger partial charge in [0.2, 0.25) is 0 Å². The molecule has 0 bridgehead atoms. The van der Waals surface area contributed by atoms with Crippen molar-refractivity contribution in [3.05, 3.63) is 65.7 Å². The van der Waals surface area contributed by atoms with Crippen LogP contribution in [0.1, 0.15) is 35.2 Å². The van der Waals surface area contributed by atoms with Crippen LogP contribution in [-0.2, 0) is 6.54 Å². The minimum absolute atomic E-state index is 0.0862. The van der Waals surface area contributed by atoms with Crippen molar-refractivity contribution in [1.82, 2.24) is 9.88 Å². The molecule has 2 heterocycles. The summed E-state index contributed by atoms with van der Waals surface area (Å²) in [4.78, 5) is 18.8. The number of nitrogens with zero attached hydrogens (tertiary/aromatic N) is 2. The molecule has 1 fully saturated rings. The summed E-state index contributed by atoms with van der Waals surface area (Å²) in [5.74, 6) is -0.223. The topological polar surface area (TPSA) is 33.2 Å². The minimum Gasteiger partial charge on any atom is -0.296 e. The smallest absolute Gasteiger partial charge is 0.164 e. The molecule has 0 aliphatic carbocycles. The quantitative estimate of drug-likeness (QED) is 0.793. The average molecular weight is 298 g/mol. The maximum Gasteiger partial charge on any atom is 0.164 e. The Labute approximate surface area is 129 Å². The Hall–Kier alpha value is -2.07. The highest BCUT2D eigenvalue weighted by atomic mass is 19.1. The first-order chi connectivity index (χ1) is 10.7. The van der Waals surface area contributed by atoms with Crippen molar-refractivity contribution in [2.45, 2.75) is 31.8 Å². The number of carbonyl (C=O) groups is 1. The molecule has 0 radical (unpaired) electrons. The lowest BCUT2D eigenvalue weighted by atomic mass is 10.0. The molecular formula is C18H19FN2O. The molecule has 0 unspecified atom stereocenters. The van der Waals surface area contributed by atoms with E-state index in [0.29, 0.717) is 12.0 Å². The van der Waals surface area contributed by atoms with E-state index in [1.54, 1.807) is 18.3 Å². The first-order valence-electron chi connectivity index (χ1n) is 7.64. The monoisotopic (exact) mass is 298 g/mol. The van der Waals surface area contributed by atoms with E-state index < -0.39 is 0 Å². The molecule has 0 N–H and O–H groups in total. The van der Waals surface area contributed by atoms with Crippen LogP contribution in [0.5, 0.6) is 0 Å². The zero-order valence-corrected chi connectivity index (χ0v) is 12.4. The predicted molar refractivity (Wildman–Crippen MR) is 83.0 cm³/mol. The highest BCUT2D eigenvalue weighted by Gasteiger charge is 2.26. The number of benzene rings is 1. The number of aromatic nitrogens is 1. The summed E-state index contributed by atoms with van der Waals surface area (Å²) in [6.45, 7) is 1.84. The van der Waals surface area contributed by atoms with Gasteiger partial charge in [0.25, 0.3) is 0 Å². The number of rotatable bonds is 5. The molecule has 4 heteroatoms. The molecule has 1 saturated heterocycles. The normalized spacial score (nSPS) is 18.5. The van der Waals surface area contributed by atoms with Crippen molar-refractivity contribution >= 4 is 5.78 Å². The molecule has 3 rings (SSSR count). The summed E-state index contributed by atoms with van der Waals surface area (Å²) in [6, 6.07) is 10.1. The van der Waals surface area contributed by atoms with Crippen LogP contribution in [0.25, 0.3) is 0 Å². The number of hydrogen-bond acceptors (Lipinski definition) is 3. The third kappa shape index (κ3) is 3.57. The Bertz CT molecular complexity index is 627. The number of Topliss-reactive ketones (excluding diaryl/α,β-unsaturated/α-hetero) is 1. The molecule has 1 aromatic carbocycles. The van der Waals surface area contributed by atoms with E-state index in [9.17, 15) is 9.18 Å². The Morgan fingerprint density at radius 3 is 2.82 bits per heavy atom. The number of pyridine rings is 1. The van der Waals surface area contributed by atoms with E-state index in [1.165, 1.54) is 17.7 Å². The number of likely N-dealkylation sites (tertiary alicyclic amines) is 1.